The molecular formula is C36H43Cl2N5O9S2. The van der Waals surface area contributed by atoms with Gasteiger partial charge in [0.25, 0.3) is 15.9 Å². The van der Waals surface area contributed by atoms with Crippen molar-refractivity contribution in [2.45, 2.75) is 112 Å². The lowest BCUT2D eigenvalue weighted by Crippen LogP contribution is -2.58. The molecule has 1 aromatic carbocycles. The molecule has 4 aliphatic rings. The molecular weight excluding hydrogens is 781 g/mol. The Labute approximate surface area is 327 Å². The van der Waals surface area contributed by atoms with Crippen molar-refractivity contribution in [2.24, 2.45) is 5.92 Å². The molecule has 3 N–H and O–H groups in total. The minimum Gasteiger partial charge on any atom is -0.444 e. The smallest absolute Gasteiger partial charge is 0.410 e. The number of nitrogens with zero attached hydrogens (tertiary/aromatic N) is 2. The summed E-state index contributed by atoms with van der Waals surface area (Å²) in [6, 6.07) is 5.77. The van der Waals surface area contributed by atoms with Crippen molar-refractivity contribution in [3.63, 3.8) is 0 Å². The van der Waals surface area contributed by atoms with Crippen LogP contribution in [0.15, 0.2) is 46.7 Å². The van der Waals surface area contributed by atoms with Crippen LogP contribution in [-0.2, 0) is 47.0 Å². The summed E-state index contributed by atoms with van der Waals surface area (Å²) < 4.78 is 39.8. The summed E-state index contributed by atoms with van der Waals surface area (Å²) in [5.41, 5.74) is -0.792. The molecule has 4 heterocycles. The molecule has 3 aliphatic heterocycles. The zero-order valence-corrected chi connectivity index (χ0v) is 33.2. The predicted molar refractivity (Wildman–Crippen MR) is 200 cm³/mol. The minimum atomic E-state index is -4.32. The number of thiophene rings is 1. The average Bonchev–Trinajstić information content (AvgIpc) is 3.46. The Hall–Kier alpha value is -3.86. The Bertz CT molecular complexity index is 1970. The SMILES string of the molecule is CC(C)(C)OC(=O)N[C@H]1CCCCC/C=C\[C@@H]2C[C@@]2(C(=O)NS(=O)(=O)c2ccc(Cl)s2)NC(=O)[C@@H]2C[C@@H](OC(=O)N3Cc4cccc(Cl)c4C3)CN2C1=O. The fourth-order valence-electron chi connectivity index (χ4n) is 7.05. The van der Waals surface area contributed by atoms with Crippen molar-refractivity contribution in [1.82, 2.24) is 25.2 Å². The van der Waals surface area contributed by atoms with Crippen molar-refractivity contribution in [1.29, 1.82) is 0 Å². The largest absolute Gasteiger partial charge is 0.444 e. The first-order valence-electron chi connectivity index (χ1n) is 17.8. The van der Waals surface area contributed by atoms with Crippen molar-refractivity contribution < 1.29 is 41.9 Å². The van der Waals surface area contributed by atoms with E-state index in [1.54, 1.807) is 39.0 Å². The molecule has 1 aliphatic carbocycles. The van der Waals surface area contributed by atoms with E-state index in [4.69, 9.17) is 32.7 Å². The first-order valence-corrected chi connectivity index (χ1v) is 20.8. The number of carbonyl (C=O) groups is 5. The number of nitrogens with one attached hydrogen (secondary N) is 3. The number of amides is 5. The lowest BCUT2D eigenvalue weighted by Gasteiger charge is -2.30. The summed E-state index contributed by atoms with van der Waals surface area (Å²) in [4.78, 5) is 71.6. The molecule has 1 saturated heterocycles. The number of hydrogen-bond acceptors (Lipinski definition) is 10. The van der Waals surface area contributed by atoms with Gasteiger partial charge in [0.15, 0.2) is 0 Å². The number of halogens is 2. The van der Waals surface area contributed by atoms with Crippen LogP contribution in [0, 0.1) is 5.92 Å². The van der Waals surface area contributed by atoms with Gasteiger partial charge in [0.2, 0.25) is 11.8 Å². The van der Waals surface area contributed by atoms with E-state index in [9.17, 15) is 32.4 Å². The molecule has 6 rings (SSSR count). The van der Waals surface area contributed by atoms with Crippen molar-refractivity contribution >= 4 is 74.5 Å². The highest BCUT2D eigenvalue weighted by molar-refractivity contribution is 7.92. The van der Waals surface area contributed by atoms with Gasteiger partial charge < -0.3 is 25.0 Å². The minimum absolute atomic E-state index is 0.113. The van der Waals surface area contributed by atoms with Crippen molar-refractivity contribution in [3.8, 4) is 0 Å². The van der Waals surface area contributed by atoms with Crippen LogP contribution in [0.5, 0.6) is 0 Å². The first-order chi connectivity index (χ1) is 25.5. The van der Waals surface area contributed by atoms with Gasteiger partial charge in [0.05, 0.1) is 17.4 Å². The number of allylic oxidation sites excluding steroid dienone is 1. The van der Waals surface area contributed by atoms with Crippen LogP contribution in [0.1, 0.15) is 76.8 Å². The topological polar surface area (TPSA) is 181 Å². The molecule has 0 bridgehead atoms. The van der Waals surface area contributed by atoms with Gasteiger partial charge in [0, 0.05) is 23.9 Å². The average molecular weight is 825 g/mol. The van der Waals surface area contributed by atoms with Gasteiger partial charge in [-0.05, 0) is 75.8 Å². The number of sulfonamides is 1. The number of rotatable bonds is 5. The standard InChI is InChI=1S/C36H43Cl2N5O9S2/c1-35(2,3)52-33(47)39-26-13-8-6-4-5-7-11-22-17-36(22,32(46)41-54(49,50)29-15-14-28(38)53-29)40-30(44)27-16-23(19-43(27)31(26)45)51-34(48)42-18-21-10-9-12-25(37)24(21)20-42/h7,9-12,14-15,22-23,26-27H,4-6,8,13,16-20H2,1-3H3,(H,39,47)(H,40,44)(H,41,46)/b11-7-/t22-,23-,26+,27+,36-/m1/s1. The number of ether oxygens (including phenoxy) is 2. The van der Waals surface area contributed by atoms with Crippen LogP contribution in [0.3, 0.4) is 0 Å². The van der Waals surface area contributed by atoms with Gasteiger partial charge in [-0.2, -0.15) is 0 Å². The summed E-state index contributed by atoms with van der Waals surface area (Å²) in [6.45, 7) is 5.41. The number of benzene rings is 1. The van der Waals surface area contributed by atoms with Gasteiger partial charge in [0.1, 0.15) is 33.5 Å². The van der Waals surface area contributed by atoms with Crippen LogP contribution in [-0.4, -0.2) is 84.0 Å². The molecule has 2 aromatic rings. The normalized spacial score (nSPS) is 26.6. The fraction of sp³-hybridized carbons (Fsp3) is 0.528. The maximum Gasteiger partial charge on any atom is 0.410 e. The molecule has 0 spiro atoms. The number of fused-ring (bicyclic) bond motifs is 3. The van der Waals surface area contributed by atoms with Gasteiger partial charge in [-0.15, -0.1) is 11.3 Å². The third-order valence-electron chi connectivity index (χ3n) is 9.83. The third kappa shape index (κ3) is 8.98. The van der Waals surface area contributed by atoms with E-state index < -0.39 is 75.2 Å². The highest BCUT2D eigenvalue weighted by Crippen LogP contribution is 2.46. The molecule has 1 aromatic heterocycles. The van der Waals surface area contributed by atoms with Gasteiger partial charge in [-0.25, -0.2) is 22.7 Å². The molecule has 292 valence electrons. The zero-order valence-electron chi connectivity index (χ0n) is 30.1. The lowest BCUT2D eigenvalue weighted by molar-refractivity contribution is -0.141. The van der Waals surface area contributed by atoms with Gasteiger partial charge in [-0.1, -0.05) is 60.3 Å². The summed E-state index contributed by atoms with van der Waals surface area (Å²) in [6.07, 6.45) is 4.21. The molecule has 5 atom stereocenters. The monoisotopic (exact) mass is 823 g/mol. The molecule has 1 saturated carbocycles. The molecule has 0 radical (unpaired) electrons. The fourth-order valence-corrected chi connectivity index (χ4v) is 9.82. The zero-order chi connectivity index (χ0) is 39.0. The second-order valence-electron chi connectivity index (χ2n) is 15.0. The predicted octanol–water partition coefficient (Wildman–Crippen LogP) is 5.27. The highest BCUT2D eigenvalue weighted by Gasteiger charge is 2.62. The quantitative estimate of drug-likeness (QED) is 0.339. The molecule has 0 unspecified atom stereocenters. The Morgan fingerprint density at radius 1 is 1.06 bits per heavy atom. The Kier molecular flexibility index (Phi) is 11.6. The summed E-state index contributed by atoms with van der Waals surface area (Å²) in [5, 5.41) is 5.99. The van der Waals surface area contributed by atoms with Crippen molar-refractivity contribution in [3.05, 3.63) is 63.0 Å². The Balaban J connectivity index is 1.26. The van der Waals surface area contributed by atoms with Crippen LogP contribution in [0.2, 0.25) is 9.36 Å². The summed E-state index contributed by atoms with van der Waals surface area (Å²) >= 11 is 13.1. The number of alkyl carbamates (subject to hydrolysis) is 1. The van der Waals surface area contributed by atoms with E-state index in [1.165, 1.54) is 21.9 Å². The maximum atomic E-state index is 14.4. The van der Waals surface area contributed by atoms with Crippen LogP contribution in [0.4, 0.5) is 9.59 Å². The summed E-state index contributed by atoms with van der Waals surface area (Å²) in [5.74, 6) is -2.79. The van der Waals surface area contributed by atoms with Gasteiger partial charge >= 0.3 is 12.2 Å². The third-order valence-corrected chi connectivity index (χ3v) is 13.2. The van der Waals surface area contributed by atoms with Crippen LogP contribution in [0.25, 0.3) is 0 Å². The highest BCUT2D eigenvalue weighted by atomic mass is 35.5. The van der Waals surface area contributed by atoms with E-state index in [-0.39, 0.29) is 47.4 Å². The second kappa shape index (κ2) is 15.7. The van der Waals surface area contributed by atoms with Crippen LogP contribution >= 0.6 is 34.5 Å². The van der Waals surface area contributed by atoms with E-state index in [0.717, 1.165) is 28.9 Å². The molecule has 5 amide bonds. The second-order valence-corrected chi connectivity index (χ2v) is 19.0. The van der Waals surface area contributed by atoms with Crippen molar-refractivity contribution in [2.75, 3.05) is 6.54 Å². The van der Waals surface area contributed by atoms with Gasteiger partial charge in [-0.3, -0.25) is 19.3 Å². The Morgan fingerprint density at radius 2 is 1.83 bits per heavy atom. The van der Waals surface area contributed by atoms with E-state index in [0.29, 0.717) is 24.3 Å². The molecule has 54 heavy (non-hydrogen) atoms. The van der Waals surface area contributed by atoms with E-state index in [2.05, 4.69) is 15.4 Å². The summed E-state index contributed by atoms with van der Waals surface area (Å²) in [7, 11) is -4.32. The number of carbonyl (C=O) groups excluding carboxylic acids is 5. The molecule has 2 fully saturated rings. The maximum absolute atomic E-state index is 14.4. The van der Waals surface area contributed by atoms with E-state index in [1.807, 2.05) is 12.1 Å². The van der Waals surface area contributed by atoms with E-state index >= 15 is 0 Å². The molecule has 14 nitrogen and oxygen atoms in total. The Morgan fingerprint density at radius 3 is 2.54 bits per heavy atom. The first kappa shape index (κ1) is 39.8. The number of hydrogen-bond donors (Lipinski definition) is 3. The molecule has 18 heteroatoms. The van der Waals surface area contributed by atoms with Crippen LogP contribution < -0.4 is 15.4 Å². The lowest BCUT2D eigenvalue weighted by atomic mass is 10.0.